The van der Waals surface area contributed by atoms with E-state index < -0.39 is 11.9 Å². The summed E-state index contributed by atoms with van der Waals surface area (Å²) in [7, 11) is 0. The van der Waals surface area contributed by atoms with Gasteiger partial charge in [-0.15, -0.1) is 0 Å². The zero-order valence-corrected chi connectivity index (χ0v) is 6.91. The molecular weight excluding hydrogens is 164 g/mol. The first-order valence-corrected chi connectivity index (χ1v) is 3.37. The highest BCUT2D eigenvalue weighted by atomic mass is 16.4. The van der Waals surface area contributed by atoms with Crippen LogP contribution in [0.3, 0.4) is 0 Å². The average molecular weight is 178 g/mol. The van der Waals surface area contributed by atoms with Crippen molar-refractivity contribution >= 4 is 11.9 Å². The zero-order valence-electron chi connectivity index (χ0n) is 6.91. The molecule has 6 heteroatoms. The molecule has 12 heavy (non-hydrogen) atoms. The molecule has 0 radical (unpaired) electrons. The molecule has 5 N–H and O–H groups in total. The molecule has 0 aromatic heterocycles. The van der Waals surface area contributed by atoms with E-state index in [4.69, 9.17) is 15.9 Å². The third-order valence-electron chi connectivity index (χ3n) is 0.622. The fraction of sp³-hybridized carbons (Fsp3) is 0.667. The molecular formula is C6H14N2O4. The number of aliphatic hydroxyl groups is 1. The highest BCUT2D eigenvalue weighted by molar-refractivity contribution is 5.82. The SMILES string of the molecule is CCO.NCC(=O)NCC(=O)O. The molecule has 0 unspecified atom stereocenters. The van der Waals surface area contributed by atoms with Gasteiger partial charge in [0.15, 0.2) is 0 Å². The summed E-state index contributed by atoms with van der Waals surface area (Å²) in [5.41, 5.74) is 4.85. The van der Waals surface area contributed by atoms with Gasteiger partial charge in [-0.1, -0.05) is 0 Å². The maximum Gasteiger partial charge on any atom is 0.322 e. The van der Waals surface area contributed by atoms with Crippen molar-refractivity contribution in [2.24, 2.45) is 5.73 Å². The van der Waals surface area contributed by atoms with Crippen molar-refractivity contribution in [3.63, 3.8) is 0 Å². The first-order valence-electron chi connectivity index (χ1n) is 3.37. The minimum absolute atomic E-state index is 0.173. The van der Waals surface area contributed by atoms with Crippen molar-refractivity contribution in [3.8, 4) is 0 Å². The highest BCUT2D eigenvalue weighted by Gasteiger charge is 1.98. The maximum atomic E-state index is 10.2. The second-order valence-electron chi connectivity index (χ2n) is 1.69. The quantitative estimate of drug-likeness (QED) is 0.405. The lowest BCUT2D eigenvalue weighted by Crippen LogP contribution is -2.34. The van der Waals surface area contributed by atoms with Crippen LogP contribution in [0, 0.1) is 0 Å². The number of aliphatic hydroxyl groups excluding tert-OH is 1. The van der Waals surface area contributed by atoms with E-state index in [2.05, 4.69) is 5.32 Å². The van der Waals surface area contributed by atoms with E-state index in [0.29, 0.717) is 0 Å². The van der Waals surface area contributed by atoms with E-state index in [1.54, 1.807) is 6.92 Å². The van der Waals surface area contributed by atoms with Crippen LogP contribution in [0.4, 0.5) is 0 Å². The number of carbonyl (C=O) groups is 2. The molecule has 0 saturated heterocycles. The van der Waals surface area contributed by atoms with Gasteiger partial charge in [0.25, 0.3) is 0 Å². The molecule has 0 aliphatic heterocycles. The standard InChI is InChI=1S/C4H8N2O3.C2H6O/c5-1-3(7)6-2-4(8)9;1-2-3/h1-2,5H2,(H,6,7)(H,8,9);3H,2H2,1H3. The molecule has 0 spiro atoms. The Labute approximate surface area is 70.4 Å². The second-order valence-corrected chi connectivity index (χ2v) is 1.69. The number of carboxylic acids is 1. The highest BCUT2D eigenvalue weighted by Crippen LogP contribution is 1.60. The van der Waals surface area contributed by atoms with Crippen molar-refractivity contribution in [2.75, 3.05) is 19.7 Å². The van der Waals surface area contributed by atoms with Gasteiger partial charge in [-0.05, 0) is 6.92 Å². The van der Waals surface area contributed by atoms with E-state index in [9.17, 15) is 9.59 Å². The molecule has 6 nitrogen and oxygen atoms in total. The first-order chi connectivity index (χ1) is 5.58. The third-order valence-corrected chi connectivity index (χ3v) is 0.622. The van der Waals surface area contributed by atoms with Crippen LogP contribution in [0.5, 0.6) is 0 Å². The Morgan fingerprint density at radius 1 is 1.50 bits per heavy atom. The normalized spacial score (nSPS) is 7.92. The summed E-state index contributed by atoms with van der Waals surface area (Å²) in [6.07, 6.45) is 0. The fourth-order valence-corrected chi connectivity index (χ4v) is 0.246. The number of amides is 1. The Kier molecular flexibility index (Phi) is 11.1. The van der Waals surface area contributed by atoms with Crippen LogP contribution in [-0.2, 0) is 9.59 Å². The van der Waals surface area contributed by atoms with Crippen LogP contribution in [0.25, 0.3) is 0 Å². The topological polar surface area (TPSA) is 113 Å². The van der Waals surface area contributed by atoms with Crippen LogP contribution in [-0.4, -0.2) is 41.8 Å². The monoisotopic (exact) mass is 178 g/mol. The smallest absolute Gasteiger partial charge is 0.322 e. The largest absolute Gasteiger partial charge is 0.480 e. The van der Waals surface area contributed by atoms with E-state index in [0.717, 1.165) is 0 Å². The van der Waals surface area contributed by atoms with E-state index in [1.165, 1.54) is 0 Å². The lowest BCUT2D eigenvalue weighted by atomic mass is 10.5. The molecule has 0 aromatic carbocycles. The Hall–Kier alpha value is -1.14. The molecule has 0 fully saturated rings. The number of carbonyl (C=O) groups excluding carboxylic acids is 1. The minimum atomic E-state index is -1.07. The number of hydrogen-bond donors (Lipinski definition) is 4. The maximum absolute atomic E-state index is 10.2. The molecule has 0 aromatic rings. The van der Waals surface area contributed by atoms with E-state index in [-0.39, 0.29) is 19.7 Å². The number of aliphatic carboxylic acids is 1. The van der Waals surface area contributed by atoms with Gasteiger partial charge in [0.2, 0.25) is 5.91 Å². The summed E-state index contributed by atoms with van der Waals surface area (Å²) < 4.78 is 0. The fourth-order valence-electron chi connectivity index (χ4n) is 0.246. The molecule has 0 aliphatic carbocycles. The Morgan fingerprint density at radius 3 is 2.17 bits per heavy atom. The molecule has 0 saturated carbocycles. The molecule has 1 amide bonds. The Balaban J connectivity index is 0. The Bertz CT molecular complexity index is 138. The van der Waals surface area contributed by atoms with Crippen molar-refractivity contribution in [1.29, 1.82) is 0 Å². The van der Waals surface area contributed by atoms with Crippen molar-refractivity contribution in [2.45, 2.75) is 6.92 Å². The molecule has 0 heterocycles. The lowest BCUT2D eigenvalue weighted by molar-refractivity contribution is -0.137. The molecule has 72 valence electrons. The Morgan fingerprint density at radius 2 is 1.92 bits per heavy atom. The molecule has 0 rings (SSSR count). The number of rotatable bonds is 3. The number of nitrogens with two attached hydrogens (primary N) is 1. The van der Waals surface area contributed by atoms with Crippen LogP contribution in [0.2, 0.25) is 0 Å². The number of hydrogen-bond acceptors (Lipinski definition) is 4. The van der Waals surface area contributed by atoms with Gasteiger partial charge in [0.05, 0.1) is 6.54 Å². The van der Waals surface area contributed by atoms with Crippen LogP contribution in [0.15, 0.2) is 0 Å². The first kappa shape index (κ1) is 13.4. The summed E-state index contributed by atoms with van der Waals surface area (Å²) in [6, 6.07) is 0. The predicted molar refractivity (Wildman–Crippen MR) is 42.5 cm³/mol. The minimum Gasteiger partial charge on any atom is -0.480 e. The summed E-state index contributed by atoms with van der Waals surface area (Å²) >= 11 is 0. The van der Waals surface area contributed by atoms with Gasteiger partial charge in [-0.2, -0.15) is 0 Å². The van der Waals surface area contributed by atoms with Crippen molar-refractivity contribution in [3.05, 3.63) is 0 Å². The van der Waals surface area contributed by atoms with E-state index >= 15 is 0 Å². The zero-order chi connectivity index (χ0) is 9.98. The lowest BCUT2D eigenvalue weighted by Gasteiger charge is -1.95. The van der Waals surface area contributed by atoms with Crippen LogP contribution in [0.1, 0.15) is 6.92 Å². The van der Waals surface area contributed by atoms with Gasteiger partial charge >= 0.3 is 5.97 Å². The predicted octanol–water partition coefficient (Wildman–Crippen LogP) is -1.86. The number of carboxylic acid groups (broad SMARTS) is 1. The molecule has 0 aliphatic rings. The average Bonchev–Trinajstić information content (AvgIpc) is 2.01. The van der Waals surface area contributed by atoms with Crippen molar-refractivity contribution < 1.29 is 19.8 Å². The van der Waals surface area contributed by atoms with Gasteiger partial charge in [0, 0.05) is 6.61 Å². The molecule has 0 atom stereocenters. The number of nitrogens with one attached hydrogen (secondary N) is 1. The van der Waals surface area contributed by atoms with Gasteiger partial charge in [-0.3, -0.25) is 9.59 Å². The van der Waals surface area contributed by atoms with Gasteiger partial charge in [0.1, 0.15) is 6.54 Å². The van der Waals surface area contributed by atoms with Crippen molar-refractivity contribution in [1.82, 2.24) is 5.32 Å². The van der Waals surface area contributed by atoms with E-state index in [1.807, 2.05) is 0 Å². The van der Waals surface area contributed by atoms with Gasteiger partial charge < -0.3 is 21.3 Å². The van der Waals surface area contributed by atoms with Gasteiger partial charge in [-0.25, -0.2) is 0 Å². The summed E-state index contributed by atoms with van der Waals surface area (Å²) in [5.74, 6) is -1.53. The second kappa shape index (κ2) is 9.86. The third kappa shape index (κ3) is 15.9. The summed E-state index contributed by atoms with van der Waals surface area (Å²) in [6.45, 7) is 1.39. The van der Waals surface area contributed by atoms with Crippen LogP contribution >= 0.6 is 0 Å². The molecule has 0 bridgehead atoms. The van der Waals surface area contributed by atoms with Crippen LogP contribution < -0.4 is 11.1 Å². The summed E-state index contributed by atoms with van der Waals surface area (Å²) in [5, 5.41) is 17.6. The summed E-state index contributed by atoms with van der Waals surface area (Å²) in [4.78, 5) is 20.0.